The number of hydrogen-bond donors (Lipinski definition) is 0. The number of carbonyl (C=O) groups excluding carboxylic acids is 1. The zero-order chi connectivity index (χ0) is 23.4. The van der Waals surface area contributed by atoms with E-state index in [4.69, 9.17) is 0 Å². The van der Waals surface area contributed by atoms with Crippen LogP contribution < -0.4 is 0 Å². The Bertz CT molecular complexity index is 1060. The van der Waals surface area contributed by atoms with Gasteiger partial charge in [0.15, 0.2) is 0 Å². The Labute approximate surface area is 198 Å². The van der Waals surface area contributed by atoms with Gasteiger partial charge in [0.25, 0.3) is 5.91 Å². The molecule has 0 N–H and O–H groups in total. The molecule has 0 spiro atoms. The normalized spacial score (nSPS) is 18.7. The topological polar surface area (TPSA) is 28.5 Å². The molecule has 2 unspecified atom stereocenters. The number of aryl methyl sites for hydroxylation is 2. The predicted octanol–water partition coefficient (Wildman–Crippen LogP) is 5.35. The van der Waals surface area contributed by atoms with Gasteiger partial charge in [-0.05, 0) is 54.2 Å². The molecule has 1 fully saturated rings. The van der Waals surface area contributed by atoms with Gasteiger partial charge in [-0.3, -0.25) is 9.69 Å². The van der Waals surface area contributed by atoms with Gasteiger partial charge < -0.3 is 9.47 Å². The minimum absolute atomic E-state index is 0.147. The lowest BCUT2D eigenvalue weighted by atomic mass is 9.86. The van der Waals surface area contributed by atoms with E-state index < -0.39 is 0 Å². The first kappa shape index (κ1) is 23.3. The highest BCUT2D eigenvalue weighted by atomic mass is 16.2. The summed E-state index contributed by atoms with van der Waals surface area (Å²) in [5.74, 6) is 1.40. The molecule has 0 bridgehead atoms. The van der Waals surface area contributed by atoms with Crippen LogP contribution in [0.25, 0.3) is 0 Å². The molecule has 1 aromatic heterocycles. The Morgan fingerprint density at radius 3 is 2.39 bits per heavy atom. The van der Waals surface area contributed by atoms with Crippen molar-refractivity contribution in [2.24, 2.45) is 18.9 Å². The van der Waals surface area contributed by atoms with Crippen molar-refractivity contribution in [3.8, 4) is 0 Å². The molecule has 0 saturated carbocycles. The van der Waals surface area contributed by atoms with Crippen molar-refractivity contribution in [3.05, 3.63) is 95.3 Å². The van der Waals surface area contributed by atoms with Crippen LogP contribution in [-0.2, 0) is 13.6 Å². The van der Waals surface area contributed by atoms with Gasteiger partial charge in [0.2, 0.25) is 0 Å². The van der Waals surface area contributed by atoms with Crippen LogP contribution in [0.5, 0.6) is 0 Å². The second kappa shape index (κ2) is 10.4. The molecule has 174 valence electrons. The maximum atomic E-state index is 13.5. The highest BCUT2D eigenvalue weighted by Gasteiger charge is 2.36. The standard InChI is InChI=1S/C29H37N3O/c1-22(2)17-32(29(33)24-12-6-5-7-13-24)19-25-18-31(20-26-14-10-16-30(26)4)21-28(25)27-15-9-8-11-23(27)3/h5-16,22,25,28H,17-21H2,1-4H3. The second-order valence-electron chi connectivity index (χ2n) is 10.00. The van der Waals surface area contributed by atoms with Crippen molar-refractivity contribution in [2.45, 2.75) is 33.2 Å². The Hall–Kier alpha value is -2.85. The first-order valence-electron chi connectivity index (χ1n) is 12.1. The molecule has 2 heterocycles. The van der Waals surface area contributed by atoms with Crippen molar-refractivity contribution in [1.29, 1.82) is 0 Å². The molecule has 3 aromatic rings. The fourth-order valence-corrected chi connectivity index (χ4v) is 5.25. The summed E-state index contributed by atoms with van der Waals surface area (Å²) >= 11 is 0. The molecule has 1 saturated heterocycles. The maximum absolute atomic E-state index is 13.5. The molecule has 4 nitrogen and oxygen atoms in total. The van der Waals surface area contributed by atoms with Crippen LogP contribution in [0.3, 0.4) is 0 Å². The van der Waals surface area contributed by atoms with E-state index in [0.717, 1.165) is 38.3 Å². The lowest BCUT2D eigenvalue weighted by Gasteiger charge is -2.30. The largest absolute Gasteiger partial charge is 0.353 e. The van der Waals surface area contributed by atoms with Crippen molar-refractivity contribution in [3.63, 3.8) is 0 Å². The molecule has 0 radical (unpaired) electrons. The van der Waals surface area contributed by atoms with Crippen LogP contribution in [0.4, 0.5) is 0 Å². The minimum atomic E-state index is 0.147. The molecule has 33 heavy (non-hydrogen) atoms. The molecule has 4 heteroatoms. The third kappa shape index (κ3) is 5.56. The zero-order valence-electron chi connectivity index (χ0n) is 20.4. The van der Waals surface area contributed by atoms with E-state index in [9.17, 15) is 4.79 Å². The molecule has 2 aromatic carbocycles. The molecule has 1 aliphatic rings. The summed E-state index contributed by atoms with van der Waals surface area (Å²) in [6.45, 7) is 11.1. The summed E-state index contributed by atoms with van der Waals surface area (Å²) in [6.07, 6.45) is 2.12. The lowest BCUT2D eigenvalue weighted by molar-refractivity contribution is 0.0703. The van der Waals surface area contributed by atoms with Crippen LogP contribution in [0.2, 0.25) is 0 Å². The van der Waals surface area contributed by atoms with E-state index in [1.54, 1.807) is 0 Å². The van der Waals surface area contributed by atoms with Crippen LogP contribution in [0.15, 0.2) is 72.9 Å². The van der Waals surface area contributed by atoms with Crippen molar-refractivity contribution >= 4 is 5.91 Å². The number of nitrogens with zero attached hydrogens (tertiary/aromatic N) is 3. The molecule has 0 aliphatic carbocycles. The number of benzene rings is 2. The summed E-state index contributed by atoms with van der Waals surface area (Å²) in [6, 6.07) is 22.8. The van der Waals surface area contributed by atoms with Gasteiger partial charge in [0.1, 0.15) is 0 Å². The molecule has 1 amide bonds. The SMILES string of the molecule is Cc1ccccc1C1CN(Cc2cccn2C)CC1CN(CC(C)C)C(=O)c1ccccc1. The van der Waals surface area contributed by atoms with Crippen LogP contribution >= 0.6 is 0 Å². The maximum Gasteiger partial charge on any atom is 0.253 e. The molecule has 4 rings (SSSR count). The van der Waals surface area contributed by atoms with Gasteiger partial charge in [-0.2, -0.15) is 0 Å². The third-order valence-corrected chi connectivity index (χ3v) is 6.89. The van der Waals surface area contributed by atoms with Crippen molar-refractivity contribution < 1.29 is 4.79 Å². The third-order valence-electron chi connectivity index (χ3n) is 6.89. The van der Waals surface area contributed by atoms with Crippen molar-refractivity contribution in [2.75, 3.05) is 26.2 Å². The fraction of sp³-hybridized carbons (Fsp3) is 0.414. The fourth-order valence-electron chi connectivity index (χ4n) is 5.25. The molecular weight excluding hydrogens is 406 g/mol. The van der Waals surface area contributed by atoms with Gasteiger partial charge in [0.05, 0.1) is 0 Å². The molecule has 2 atom stereocenters. The van der Waals surface area contributed by atoms with E-state index in [2.05, 4.69) is 84.8 Å². The summed E-state index contributed by atoms with van der Waals surface area (Å²) < 4.78 is 2.21. The Balaban J connectivity index is 1.60. The smallest absolute Gasteiger partial charge is 0.253 e. The summed E-state index contributed by atoms with van der Waals surface area (Å²) in [5, 5.41) is 0. The average Bonchev–Trinajstić information content (AvgIpc) is 3.39. The average molecular weight is 444 g/mol. The van der Waals surface area contributed by atoms with Crippen LogP contribution in [0, 0.1) is 18.8 Å². The van der Waals surface area contributed by atoms with Gasteiger partial charge in [-0.25, -0.2) is 0 Å². The van der Waals surface area contributed by atoms with Crippen LogP contribution in [-0.4, -0.2) is 46.5 Å². The Morgan fingerprint density at radius 2 is 1.73 bits per heavy atom. The highest BCUT2D eigenvalue weighted by molar-refractivity contribution is 5.94. The van der Waals surface area contributed by atoms with Crippen LogP contribution in [0.1, 0.15) is 46.9 Å². The quantitative estimate of drug-likeness (QED) is 0.470. The van der Waals surface area contributed by atoms with E-state index in [0.29, 0.717) is 17.8 Å². The van der Waals surface area contributed by atoms with E-state index >= 15 is 0 Å². The van der Waals surface area contributed by atoms with E-state index in [1.165, 1.54) is 16.8 Å². The minimum Gasteiger partial charge on any atom is -0.353 e. The highest BCUT2D eigenvalue weighted by Crippen LogP contribution is 2.36. The number of aromatic nitrogens is 1. The summed E-state index contributed by atoms with van der Waals surface area (Å²) in [5.41, 5.74) is 4.88. The van der Waals surface area contributed by atoms with Crippen molar-refractivity contribution in [1.82, 2.24) is 14.4 Å². The Morgan fingerprint density at radius 1 is 1.00 bits per heavy atom. The monoisotopic (exact) mass is 443 g/mol. The molecule has 1 aliphatic heterocycles. The summed E-state index contributed by atoms with van der Waals surface area (Å²) in [7, 11) is 2.12. The predicted molar refractivity (Wildman–Crippen MR) is 135 cm³/mol. The molecular formula is C29H37N3O. The van der Waals surface area contributed by atoms with Gasteiger partial charge in [-0.1, -0.05) is 56.3 Å². The zero-order valence-corrected chi connectivity index (χ0v) is 20.4. The number of carbonyl (C=O) groups is 1. The second-order valence-corrected chi connectivity index (χ2v) is 10.00. The van der Waals surface area contributed by atoms with Gasteiger partial charge in [-0.15, -0.1) is 0 Å². The number of amides is 1. The first-order chi connectivity index (χ1) is 15.9. The van der Waals surface area contributed by atoms with Gasteiger partial charge in [0, 0.05) is 63.1 Å². The Kier molecular flexibility index (Phi) is 7.34. The van der Waals surface area contributed by atoms with E-state index in [1.807, 2.05) is 30.3 Å². The first-order valence-corrected chi connectivity index (χ1v) is 12.1. The number of likely N-dealkylation sites (tertiary alicyclic amines) is 1. The lowest BCUT2D eigenvalue weighted by Crippen LogP contribution is -2.39. The number of hydrogen-bond acceptors (Lipinski definition) is 2. The van der Waals surface area contributed by atoms with Gasteiger partial charge >= 0.3 is 0 Å². The summed E-state index contributed by atoms with van der Waals surface area (Å²) in [4.78, 5) is 18.1. The van der Waals surface area contributed by atoms with E-state index in [-0.39, 0.29) is 5.91 Å². The number of rotatable bonds is 8.